The maximum absolute atomic E-state index is 6.12. The van der Waals surface area contributed by atoms with Crippen molar-refractivity contribution in [3.63, 3.8) is 0 Å². The van der Waals surface area contributed by atoms with Crippen molar-refractivity contribution in [2.75, 3.05) is 0 Å². The molecule has 0 amide bonds. The molecule has 1 aliphatic rings. The lowest BCUT2D eigenvalue weighted by Crippen LogP contribution is -1.93. The van der Waals surface area contributed by atoms with Gasteiger partial charge in [0.05, 0.1) is 0 Å². The number of halogens is 1. The van der Waals surface area contributed by atoms with Gasteiger partial charge in [-0.3, -0.25) is 0 Å². The number of fused-ring (bicyclic) bond motifs is 1. The van der Waals surface area contributed by atoms with Gasteiger partial charge in [-0.25, -0.2) is 0 Å². The Morgan fingerprint density at radius 1 is 1.36 bits per heavy atom. The van der Waals surface area contributed by atoms with E-state index < -0.39 is 0 Å². The van der Waals surface area contributed by atoms with Gasteiger partial charge in [0.15, 0.2) is 0 Å². The summed E-state index contributed by atoms with van der Waals surface area (Å²) < 4.78 is 0. The third kappa shape index (κ3) is 1.72. The highest BCUT2D eigenvalue weighted by molar-refractivity contribution is 6.32. The van der Waals surface area contributed by atoms with Gasteiger partial charge < -0.3 is 0 Å². The van der Waals surface area contributed by atoms with Crippen LogP contribution >= 0.6 is 11.6 Å². The van der Waals surface area contributed by atoms with Gasteiger partial charge in [0.2, 0.25) is 0 Å². The molecule has 0 saturated heterocycles. The number of hydrogen-bond acceptors (Lipinski definition) is 0. The molecule has 1 heteroatoms. The molecule has 14 heavy (non-hydrogen) atoms. The van der Waals surface area contributed by atoms with Crippen molar-refractivity contribution in [2.45, 2.75) is 32.1 Å². The summed E-state index contributed by atoms with van der Waals surface area (Å²) in [6.45, 7) is 2.23. The van der Waals surface area contributed by atoms with E-state index in [-0.39, 0.29) is 0 Å². The molecule has 0 radical (unpaired) electrons. The van der Waals surface area contributed by atoms with Crippen LogP contribution in [0.1, 0.15) is 43.2 Å². The van der Waals surface area contributed by atoms with Crippen LogP contribution in [0.5, 0.6) is 0 Å². The average molecular weight is 207 g/mol. The van der Waals surface area contributed by atoms with Crippen LogP contribution in [0, 0.1) is 0 Å². The van der Waals surface area contributed by atoms with Gasteiger partial charge in [0.25, 0.3) is 0 Å². The number of rotatable bonds is 3. The Morgan fingerprint density at radius 3 is 3.00 bits per heavy atom. The first kappa shape index (κ1) is 9.79. The number of benzene rings is 1. The van der Waals surface area contributed by atoms with E-state index in [1.54, 1.807) is 0 Å². The van der Waals surface area contributed by atoms with E-state index in [4.69, 9.17) is 11.6 Å². The molecule has 1 aromatic carbocycles. The molecule has 1 aromatic rings. The molecule has 2 rings (SSSR count). The third-order valence-electron chi connectivity index (χ3n) is 2.85. The molecule has 0 N–H and O–H groups in total. The smallest absolute Gasteiger partial charge is 0.0481 e. The second kappa shape index (κ2) is 4.18. The van der Waals surface area contributed by atoms with Crippen LogP contribution in [0.25, 0.3) is 6.08 Å². The summed E-state index contributed by atoms with van der Waals surface area (Å²) in [6, 6.07) is 6.21. The van der Waals surface area contributed by atoms with E-state index in [9.17, 15) is 0 Å². The fraction of sp³-hybridized carbons (Fsp3) is 0.385. The quantitative estimate of drug-likeness (QED) is 0.676. The summed E-state index contributed by atoms with van der Waals surface area (Å²) in [5.41, 5.74) is 2.64. The first-order valence-electron chi connectivity index (χ1n) is 5.29. The van der Waals surface area contributed by atoms with Crippen LogP contribution < -0.4 is 0 Å². The lowest BCUT2D eigenvalue weighted by Gasteiger charge is -2.10. The predicted molar refractivity (Wildman–Crippen MR) is 62.8 cm³/mol. The number of unbranched alkanes of at least 4 members (excludes halogenated alkanes) is 1. The van der Waals surface area contributed by atoms with Gasteiger partial charge in [-0.05, 0) is 23.6 Å². The summed E-state index contributed by atoms with van der Waals surface area (Å²) in [4.78, 5) is 0. The highest BCUT2D eigenvalue weighted by Gasteiger charge is 2.17. The fourth-order valence-electron chi connectivity index (χ4n) is 2.04. The monoisotopic (exact) mass is 206 g/mol. The summed E-state index contributed by atoms with van der Waals surface area (Å²) in [7, 11) is 0. The summed E-state index contributed by atoms with van der Waals surface area (Å²) in [5.74, 6) is 0.601. The molecule has 1 atom stereocenters. The Morgan fingerprint density at radius 2 is 2.21 bits per heavy atom. The molecule has 0 fully saturated rings. The lowest BCUT2D eigenvalue weighted by molar-refractivity contribution is 0.669. The molecule has 0 spiro atoms. The van der Waals surface area contributed by atoms with Crippen LogP contribution in [-0.2, 0) is 0 Å². The zero-order valence-corrected chi connectivity index (χ0v) is 9.22. The van der Waals surface area contributed by atoms with Crippen molar-refractivity contribution >= 4 is 17.7 Å². The number of allylic oxidation sites excluding steroid dienone is 1. The Balaban J connectivity index is 2.22. The average Bonchev–Trinajstić information content (AvgIpc) is 2.60. The van der Waals surface area contributed by atoms with Crippen molar-refractivity contribution < 1.29 is 0 Å². The summed E-state index contributed by atoms with van der Waals surface area (Å²) in [6.07, 6.45) is 8.26. The minimum Gasteiger partial charge on any atom is -0.0837 e. The molecular weight excluding hydrogens is 192 g/mol. The van der Waals surface area contributed by atoms with Gasteiger partial charge >= 0.3 is 0 Å². The van der Waals surface area contributed by atoms with Crippen molar-refractivity contribution in [3.05, 3.63) is 40.4 Å². The Kier molecular flexibility index (Phi) is 2.93. The van der Waals surface area contributed by atoms with Crippen molar-refractivity contribution in [1.82, 2.24) is 0 Å². The molecule has 0 heterocycles. The lowest BCUT2D eigenvalue weighted by atomic mass is 9.95. The zero-order valence-electron chi connectivity index (χ0n) is 8.46. The van der Waals surface area contributed by atoms with Crippen LogP contribution in [0.15, 0.2) is 24.3 Å². The van der Waals surface area contributed by atoms with E-state index in [0.29, 0.717) is 5.92 Å². The molecule has 1 aliphatic carbocycles. The Hall–Kier alpha value is -0.750. The van der Waals surface area contributed by atoms with Crippen LogP contribution in [-0.4, -0.2) is 0 Å². The van der Waals surface area contributed by atoms with Crippen molar-refractivity contribution in [1.29, 1.82) is 0 Å². The maximum Gasteiger partial charge on any atom is 0.0481 e. The molecule has 0 bridgehead atoms. The standard InChI is InChI=1S/C13H15Cl/c1-2-3-5-10-8-9-12-11(10)6-4-7-13(12)14/h4,6-10H,2-3,5H2,1H3. The van der Waals surface area contributed by atoms with Crippen molar-refractivity contribution in [3.8, 4) is 0 Å². The van der Waals surface area contributed by atoms with Gasteiger partial charge in [-0.15, -0.1) is 0 Å². The van der Waals surface area contributed by atoms with E-state index in [0.717, 1.165) is 5.02 Å². The molecule has 0 aliphatic heterocycles. The van der Waals surface area contributed by atoms with Gasteiger partial charge in [-0.2, -0.15) is 0 Å². The first-order chi connectivity index (χ1) is 6.83. The van der Waals surface area contributed by atoms with Crippen LogP contribution in [0.2, 0.25) is 5.02 Å². The van der Waals surface area contributed by atoms with E-state index in [2.05, 4.69) is 25.1 Å². The highest BCUT2D eigenvalue weighted by atomic mass is 35.5. The molecular formula is C13H15Cl. The normalized spacial score (nSPS) is 18.6. The first-order valence-corrected chi connectivity index (χ1v) is 5.67. The molecule has 1 unspecified atom stereocenters. The Bertz CT molecular complexity index is 352. The molecule has 74 valence electrons. The van der Waals surface area contributed by atoms with E-state index in [1.807, 2.05) is 12.1 Å². The molecule has 0 aromatic heterocycles. The topological polar surface area (TPSA) is 0 Å². The summed E-state index contributed by atoms with van der Waals surface area (Å²) >= 11 is 6.12. The van der Waals surface area contributed by atoms with Gasteiger partial charge in [0.1, 0.15) is 0 Å². The van der Waals surface area contributed by atoms with E-state index >= 15 is 0 Å². The predicted octanol–water partition coefficient (Wildman–Crippen LogP) is 4.64. The SMILES string of the molecule is CCCCC1C=Cc2c(Cl)cccc21. The Labute approximate surface area is 90.6 Å². The fourth-order valence-corrected chi connectivity index (χ4v) is 2.29. The largest absolute Gasteiger partial charge is 0.0837 e. The van der Waals surface area contributed by atoms with Gasteiger partial charge in [0, 0.05) is 10.9 Å². The van der Waals surface area contributed by atoms with E-state index in [1.165, 1.54) is 30.4 Å². The second-order valence-corrected chi connectivity index (χ2v) is 4.26. The molecule has 0 saturated carbocycles. The van der Waals surface area contributed by atoms with Gasteiger partial charge in [-0.1, -0.05) is 55.7 Å². The second-order valence-electron chi connectivity index (χ2n) is 3.85. The maximum atomic E-state index is 6.12. The van der Waals surface area contributed by atoms with Crippen LogP contribution in [0.4, 0.5) is 0 Å². The highest BCUT2D eigenvalue weighted by Crippen LogP contribution is 2.36. The van der Waals surface area contributed by atoms with Crippen molar-refractivity contribution in [2.24, 2.45) is 0 Å². The number of hydrogen-bond donors (Lipinski definition) is 0. The zero-order chi connectivity index (χ0) is 9.97. The third-order valence-corrected chi connectivity index (χ3v) is 3.18. The minimum atomic E-state index is 0.601. The summed E-state index contributed by atoms with van der Waals surface area (Å²) in [5, 5.41) is 0.887. The van der Waals surface area contributed by atoms with Crippen LogP contribution in [0.3, 0.4) is 0 Å². The molecule has 0 nitrogen and oxygen atoms in total. The minimum absolute atomic E-state index is 0.601.